The fourth-order valence-corrected chi connectivity index (χ4v) is 3.07. The quantitative estimate of drug-likeness (QED) is 0.811. The minimum atomic E-state index is 0.0109. The normalized spacial score (nSPS) is 17.0. The van der Waals surface area contributed by atoms with Crippen LogP contribution in [0.1, 0.15) is 24.2 Å². The summed E-state index contributed by atoms with van der Waals surface area (Å²) in [4.78, 5) is 14.5. The van der Waals surface area contributed by atoms with E-state index in [1.165, 1.54) is 5.69 Å². The average molecular weight is 326 g/mol. The van der Waals surface area contributed by atoms with Gasteiger partial charge in [0.15, 0.2) is 0 Å². The van der Waals surface area contributed by atoms with Crippen molar-refractivity contribution >= 4 is 12.0 Å². The summed E-state index contributed by atoms with van der Waals surface area (Å²) < 4.78 is 12.7. The first-order valence-electron chi connectivity index (χ1n) is 7.99. The van der Waals surface area contributed by atoms with Crippen molar-refractivity contribution < 1.29 is 14.3 Å². The number of rotatable bonds is 4. The van der Waals surface area contributed by atoms with Crippen LogP contribution in [0.5, 0.6) is 11.5 Å². The van der Waals surface area contributed by atoms with Crippen molar-refractivity contribution in [3.8, 4) is 11.5 Å². The van der Waals surface area contributed by atoms with Gasteiger partial charge in [0, 0.05) is 37.1 Å². The maximum absolute atomic E-state index is 12.6. The SMILES string of the molecule is COc1cc(C=CC(=O)N2CCn3cccc3C2C)cc(OC)c1. The standard InChI is InChI=1S/C19H22N2O3/c1-14-18-5-4-8-20(18)9-10-21(14)19(22)7-6-15-11-16(23-2)13-17(12-15)24-3/h4-8,11-14H,9-10H2,1-3H3. The maximum Gasteiger partial charge on any atom is 0.247 e. The van der Waals surface area contributed by atoms with Crippen LogP contribution in [0.3, 0.4) is 0 Å². The van der Waals surface area contributed by atoms with Gasteiger partial charge in [-0.15, -0.1) is 0 Å². The van der Waals surface area contributed by atoms with Gasteiger partial charge < -0.3 is 18.9 Å². The van der Waals surface area contributed by atoms with Crippen LogP contribution in [0.2, 0.25) is 0 Å². The molecule has 1 aliphatic rings. The Morgan fingerprint density at radius 2 is 1.88 bits per heavy atom. The molecule has 0 N–H and O–H groups in total. The molecular weight excluding hydrogens is 304 g/mol. The second-order valence-corrected chi connectivity index (χ2v) is 5.81. The molecule has 1 aromatic heterocycles. The molecule has 2 aromatic rings. The molecule has 1 amide bonds. The summed E-state index contributed by atoms with van der Waals surface area (Å²) in [5.41, 5.74) is 2.04. The van der Waals surface area contributed by atoms with Crippen LogP contribution in [-0.4, -0.2) is 36.1 Å². The number of hydrogen-bond acceptors (Lipinski definition) is 3. The van der Waals surface area contributed by atoms with Crippen molar-refractivity contribution in [1.82, 2.24) is 9.47 Å². The highest BCUT2D eigenvalue weighted by Crippen LogP contribution is 2.26. The molecule has 126 valence electrons. The predicted octanol–water partition coefficient (Wildman–Crippen LogP) is 3.12. The molecule has 0 fully saturated rings. The van der Waals surface area contributed by atoms with E-state index < -0.39 is 0 Å². The second-order valence-electron chi connectivity index (χ2n) is 5.81. The number of carbonyl (C=O) groups excluding carboxylic acids is 1. The molecule has 1 aliphatic heterocycles. The van der Waals surface area contributed by atoms with Gasteiger partial charge in [0.25, 0.3) is 0 Å². The van der Waals surface area contributed by atoms with Crippen molar-refractivity contribution in [2.24, 2.45) is 0 Å². The monoisotopic (exact) mass is 326 g/mol. The minimum Gasteiger partial charge on any atom is -0.497 e. The lowest BCUT2D eigenvalue weighted by atomic mass is 10.1. The summed E-state index contributed by atoms with van der Waals surface area (Å²) >= 11 is 0. The molecule has 0 radical (unpaired) electrons. The van der Waals surface area contributed by atoms with Crippen LogP contribution < -0.4 is 9.47 Å². The Morgan fingerprint density at radius 3 is 2.54 bits per heavy atom. The number of nitrogens with zero attached hydrogens (tertiary/aromatic N) is 2. The summed E-state index contributed by atoms with van der Waals surface area (Å²) in [5, 5.41) is 0. The molecule has 1 atom stereocenters. The Labute approximate surface area is 142 Å². The molecule has 5 nitrogen and oxygen atoms in total. The molecule has 0 bridgehead atoms. The van der Waals surface area contributed by atoms with Gasteiger partial charge in [-0.1, -0.05) is 0 Å². The van der Waals surface area contributed by atoms with E-state index in [0.29, 0.717) is 18.0 Å². The molecule has 0 saturated heterocycles. The lowest BCUT2D eigenvalue weighted by Gasteiger charge is -2.34. The lowest BCUT2D eigenvalue weighted by Crippen LogP contribution is -2.39. The van der Waals surface area contributed by atoms with E-state index >= 15 is 0 Å². The summed E-state index contributed by atoms with van der Waals surface area (Å²) in [6.45, 7) is 3.61. The molecule has 1 aromatic carbocycles. The molecule has 0 spiro atoms. The Balaban J connectivity index is 1.76. The van der Waals surface area contributed by atoms with Gasteiger partial charge in [-0.3, -0.25) is 4.79 Å². The van der Waals surface area contributed by atoms with Gasteiger partial charge in [0.05, 0.1) is 20.3 Å². The number of ether oxygens (including phenoxy) is 2. The molecule has 0 aliphatic carbocycles. The van der Waals surface area contributed by atoms with Crippen LogP contribution in [0, 0.1) is 0 Å². The van der Waals surface area contributed by atoms with Crippen LogP contribution in [-0.2, 0) is 11.3 Å². The van der Waals surface area contributed by atoms with Crippen molar-refractivity contribution in [3.63, 3.8) is 0 Å². The van der Waals surface area contributed by atoms with Gasteiger partial charge in [-0.25, -0.2) is 0 Å². The third-order valence-corrected chi connectivity index (χ3v) is 4.42. The van der Waals surface area contributed by atoms with Gasteiger partial charge in [-0.05, 0) is 42.8 Å². The maximum atomic E-state index is 12.6. The van der Waals surface area contributed by atoms with E-state index in [9.17, 15) is 4.79 Å². The molecular formula is C19H22N2O3. The highest BCUT2D eigenvalue weighted by molar-refractivity contribution is 5.92. The predicted molar refractivity (Wildman–Crippen MR) is 93.1 cm³/mol. The van der Waals surface area contributed by atoms with Gasteiger partial charge >= 0.3 is 0 Å². The van der Waals surface area contributed by atoms with E-state index in [4.69, 9.17) is 9.47 Å². The molecule has 5 heteroatoms. The van der Waals surface area contributed by atoms with Crippen LogP contribution in [0.15, 0.2) is 42.6 Å². The Hall–Kier alpha value is -2.69. The van der Waals surface area contributed by atoms with Crippen LogP contribution >= 0.6 is 0 Å². The van der Waals surface area contributed by atoms with E-state index in [2.05, 4.69) is 23.8 Å². The number of amides is 1. The minimum absolute atomic E-state index is 0.0109. The molecule has 2 heterocycles. The zero-order valence-electron chi connectivity index (χ0n) is 14.2. The van der Waals surface area contributed by atoms with E-state index in [1.54, 1.807) is 32.4 Å². The fraction of sp³-hybridized carbons (Fsp3) is 0.316. The number of fused-ring (bicyclic) bond motifs is 1. The lowest BCUT2D eigenvalue weighted by molar-refractivity contribution is -0.129. The first-order chi connectivity index (χ1) is 11.6. The number of benzene rings is 1. The second kappa shape index (κ2) is 6.83. The molecule has 1 unspecified atom stereocenters. The fourth-order valence-electron chi connectivity index (χ4n) is 3.07. The van der Waals surface area contributed by atoms with Crippen molar-refractivity contribution in [2.75, 3.05) is 20.8 Å². The summed E-state index contributed by atoms with van der Waals surface area (Å²) in [6, 6.07) is 9.72. The first-order valence-corrected chi connectivity index (χ1v) is 7.99. The number of hydrogen-bond donors (Lipinski definition) is 0. The highest BCUT2D eigenvalue weighted by atomic mass is 16.5. The molecule has 0 saturated carbocycles. The van der Waals surface area contributed by atoms with Gasteiger partial charge in [0.2, 0.25) is 5.91 Å². The highest BCUT2D eigenvalue weighted by Gasteiger charge is 2.25. The zero-order chi connectivity index (χ0) is 17.1. The third-order valence-electron chi connectivity index (χ3n) is 4.42. The smallest absolute Gasteiger partial charge is 0.247 e. The third kappa shape index (κ3) is 3.15. The summed E-state index contributed by atoms with van der Waals surface area (Å²) in [5.74, 6) is 1.41. The Kier molecular flexibility index (Phi) is 4.60. The number of methoxy groups -OCH3 is 2. The molecule has 3 rings (SSSR count). The average Bonchev–Trinajstić information content (AvgIpc) is 3.09. The van der Waals surface area contributed by atoms with Crippen molar-refractivity contribution in [2.45, 2.75) is 19.5 Å². The Morgan fingerprint density at radius 1 is 1.17 bits per heavy atom. The Bertz CT molecular complexity index is 741. The van der Waals surface area contributed by atoms with Crippen LogP contribution in [0.25, 0.3) is 6.08 Å². The summed E-state index contributed by atoms with van der Waals surface area (Å²) in [6.07, 6.45) is 5.48. The molecule has 24 heavy (non-hydrogen) atoms. The topological polar surface area (TPSA) is 43.7 Å². The first kappa shape index (κ1) is 16.2. The van der Waals surface area contributed by atoms with Crippen molar-refractivity contribution in [1.29, 1.82) is 0 Å². The van der Waals surface area contributed by atoms with E-state index in [-0.39, 0.29) is 11.9 Å². The largest absolute Gasteiger partial charge is 0.497 e. The van der Waals surface area contributed by atoms with Crippen molar-refractivity contribution in [3.05, 3.63) is 53.9 Å². The van der Waals surface area contributed by atoms with Gasteiger partial charge in [0.1, 0.15) is 11.5 Å². The van der Waals surface area contributed by atoms with Crippen LogP contribution in [0.4, 0.5) is 0 Å². The zero-order valence-corrected chi connectivity index (χ0v) is 14.2. The van der Waals surface area contributed by atoms with Gasteiger partial charge in [-0.2, -0.15) is 0 Å². The van der Waals surface area contributed by atoms with E-state index in [0.717, 1.165) is 12.1 Å². The number of aromatic nitrogens is 1. The van der Waals surface area contributed by atoms with E-state index in [1.807, 2.05) is 23.1 Å². The summed E-state index contributed by atoms with van der Waals surface area (Å²) in [7, 11) is 3.22. The number of carbonyl (C=O) groups is 1.